The van der Waals surface area contributed by atoms with E-state index in [1.165, 1.54) is 6.07 Å². The van der Waals surface area contributed by atoms with Crippen LogP contribution in [0.5, 0.6) is 0 Å². The smallest absolute Gasteiger partial charge is 0.253 e. The number of nitrogens with two attached hydrogens (primary N) is 1. The Morgan fingerprint density at radius 1 is 1.67 bits per heavy atom. The number of nitrogen functional groups attached to an aromatic ring is 1. The minimum absolute atomic E-state index is 0.119. The lowest BCUT2D eigenvalue weighted by molar-refractivity contribution is 0.0922. The highest BCUT2D eigenvalue weighted by Crippen LogP contribution is 2.18. The standard InChI is InChI=1S/C10H13ClN2O2/c1-6(5-14)13-10(15)8-4-7(12)2-3-9(8)11/h2-4,6,14H,5,12H2,1H3,(H,13,15). The van der Waals surface area contributed by atoms with Gasteiger partial charge >= 0.3 is 0 Å². The van der Waals surface area contributed by atoms with Crippen molar-refractivity contribution in [3.8, 4) is 0 Å². The summed E-state index contributed by atoms with van der Waals surface area (Å²) in [5, 5.41) is 11.7. The number of halogens is 1. The van der Waals surface area contributed by atoms with Crippen LogP contribution in [0.4, 0.5) is 5.69 Å². The number of aliphatic hydroxyl groups excluding tert-OH is 1. The largest absolute Gasteiger partial charge is 0.399 e. The molecule has 15 heavy (non-hydrogen) atoms. The number of rotatable bonds is 3. The zero-order valence-electron chi connectivity index (χ0n) is 8.33. The lowest BCUT2D eigenvalue weighted by atomic mass is 10.2. The van der Waals surface area contributed by atoms with Crippen molar-refractivity contribution < 1.29 is 9.90 Å². The van der Waals surface area contributed by atoms with Gasteiger partial charge in [-0.3, -0.25) is 4.79 Å². The van der Waals surface area contributed by atoms with Crippen LogP contribution in [-0.2, 0) is 0 Å². The predicted octanol–water partition coefficient (Wildman–Crippen LogP) is 1.03. The lowest BCUT2D eigenvalue weighted by Gasteiger charge is -2.11. The van der Waals surface area contributed by atoms with Gasteiger partial charge in [0.05, 0.1) is 17.2 Å². The average Bonchev–Trinajstić information content (AvgIpc) is 2.21. The van der Waals surface area contributed by atoms with E-state index in [1.54, 1.807) is 19.1 Å². The predicted molar refractivity (Wildman–Crippen MR) is 59.9 cm³/mol. The van der Waals surface area contributed by atoms with Gasteiger partial charge in [-0.1, -0.05) is 11.6 Å². The number of carbonyl (C=O) groups is 1. The molecule has 1 rings (SSSR count). The maximum Gasteiger partial charge on any atom is 0.253 e. The van der Waals surface area contributed by atoms with Gasteiger partial charge in [-0.25, -0.2) is 0 Å². The summed E-state index contributed by atoms with van der Waals surface area (Å²) in [7, 11) is 0. The van der Waals surface area contributed by atoms with E-state index in [-0.39, 0.29) is 18.6 Å². The van der Waals surface area contributed by atoms with E-state index in [0.717, 1.165) is 0 Å². The summed E-state index contributed by atoms with van der Waals surface area (Å²) in [6.45, 7) is 1.57. The molecule has 0 saturated heterocycles. The summed E-state index contributed by atoms with van der Waals surface area (Å²) < 4.78 is 0. The number of benzene rings is 1. The molecule has 0 heterocycles. The molecule has 1 unspecified atom stereocenters. The molecule has 1 atom stereocenters. The van der Waals surface area contributed by atoms with Gasteiger partial charge in [0.15, 0.2) is 0 Å². The highest BCUT2D eigenvalue weighted by atomic mass is 35.5. The summed E-state index contributed by atoms with van der Waals surface area (Å²) in [5.41, 5.74) is 6.33. The molecular weight excluding hydrogens is 216 g/mol. The van der Waals surface area contributed by atoms with Crippen LogP contribution < -0.4 is 11.1 Å². The average molecular weight is 229 g/mol. The topological polar surface area (TPSA) is 75.3 Å². The number of hydrogen-bond donors (Lipinski definition) is 3. The SMILES string of the molecule is CC(CO)NC(=O)c1cc(N)ccc1Cl. The zero-order valence-corrected chi connectivity index (χ0v) is 9.08. The minimum atomic E-state index is -0.339. The number of amides is 1. The lowest BCUT2D eigenvalue weighted by Crippen LogP contribution is -2.35. The fourth-order valence-electron chi connectivity index (χ4n) is 1.06. The molecule has 5 heteroatoms. The van der Waals surface area contributed by atoms with Gasteiger partial charge in [-0.05, 0) is 25.1 Å². The molecule has 0 aliphatic rings. The molecule has 0 aromatic heterocycles. The van der Waals surface area contributed by atoms with E-state index in [2.05, 4.69) is 5.32 Å². The molecule has 0 bridgehead atoms. The summed E-state index contributed by atoms with van der Waals surface area (Å²) >= 11 is 5.84. The Morgan fingerprint density at radius 3 is 2.93 bits per heavy atom. The monoisotopic (exact) mass is 228 g/mol. The van der Waals surface area contributed by atoms with Gasteiger partial charge in [0.2, 0.25) is 0 Å². The second-order valence-electron chi connectivity index (χ2n) is 3.30. The Kier molecular flexibility index (Phi) is 3.94. The van der Waals surface area contributed by atoms with Gasteiger partial charge in [0.1, 0.15) is 0 Å². The Balaban J connectivity index is 2.86. The number of aliphatic hydroxyl groups is 1. The Morgan fingerprint density at radius 2 is 2.33 bits per heavy atom. The van der Waals surface area contributed by atoms with Crippen molar-refractivity contribution >= 4 is 23.2 Å². The molecule has 0 aliphatic heterocycles. The van der Waals surface area contributed by atoms with Crippen LogP contribution in [0.1, 0.15) is 17.3 Å². The molecule has 1 aromatic carbocycles. The van der Waals surface area contributed by atoms with E-state index in [4.69, 9.17) is 22.4 Å². The molecule has 82 valence electrons. The third-order valence-electron chi connectivity index (χ3n) is 1.89. The summed E-state index contributed by atoms with van der Waals surface area (Å²) in [6.07, 6.45) is 0. The molecule has 1 aromatic rings. The van der Waals surface area contributed by atoms with E-state index >= 15 is 0 Å². The third kappa shape index (κ3) is 3.11. The van der Waals surface area contributed by atoms with Gasteiger partial charge in [0, 0.05) is 11.7 Å². The van der Waals surface area contributed by atoms with Crippen molar-refractivity contribution in [2.75, 3.05) is 12.3 Å². The van der Waals surface area contributed by atoms with Crippen molar-refractivity contribution in [2.24, 2.45) is 0 Å². The first-order valence-electron chi connectivity index (χ1n) is 4.51. The van der Waals surface area contributed by atoms with Crippen LogP contribution >= 0.6 is 11.6 Å². The fraction of sp³-hybridized carbons (Fsp3) is 0.300. The van der Waals surface area contributed by atoms with Gasteiger partial charge < -0.3 is 16.2 Å². The number of anilines is 1. The highest BCUT2D eigenvalue weighted by molar-refractivity contribution is 6.34. The van der Waals surface area contributed by atoms with Crippen LogP contribution in [0.15, 0.2) is 18.2 Å². The van der Waals surface area contributed by atoms with Gasteiger partial charge in [0.25, 0.3) is 5.91 Å². The molecular formula is C10H13ClN2O2. The fourth-order valence-corrected chi connectivity index (χ4v) is 1.27. The van der Waals surface area contributed by atoms with Crippen molar-refractivity contribution in [3.05, 3.63) is 28.8 Å². The maximum atomic E-state index is 11.6. The van der Waals surface area contributed by atoms with E-state index < -0.39 is 0 Å². The van der Waals surface area contributed by atoms with Gasteiger partial charge in [-0.15, -0.1) is 0 Å². The third-order valence-corrected chi connectivity index (χ3v) is 2.22. The molecule has 0 aliphatic carbocycles. The van der Waals surface area contributed by atoms with Crippen LogP contribution in [-0.4, -0.2) is 23.7 Å². The van der Waals surface area contributed by atoms with E-state index in [1.807, 2.05) is 0 Å². The molecule has 0 spiro atoms. The number of nitrogens with one attached hydrogen (secondary N) is 1. The van der Waals surface area contributed by atoms with Crippen LogP contribution in [0, 0.1) is 0 Å². The van der Waals surface area contributed by atoms with Crippen LogP contribution in [0.2, 0.25) is 5.02 Å². The van der Waals surface area contributed by atoms with E-state index in [0.29, 0.717) is 16.3 Å². The molecule has 0 radical (unpaired) electrons. The molecule has 0 fully saturated rings. The van der Waals surface area contributed by atoms with Crippen molar-refractivity contribution in [2.45, 2.75) is 13.0 Å². The van der Waals surface area contributed by atoms with Crippen molar-refractivity contribution in [1.29, 1.82) is 0 Å². The summed E-state index contributed by atoms with van der Waals surface area (Å²) in [4.78, 5) is 11.6. The summed E-state index contributed by atoms with van der Waals surface area (Å²) in [5.74, 6) is -0.339. The van der Waals surface area contributed by atoms with Crippen LogP contribution in [0.25, 0.3) is 0 Å². The molecule has 4 nitrogen and oxygen atoms in total. The second kappa shape index (κ2) is 5.00. The van der Waals surface area contributed by atoms with Crippen molar-refractivity contribution in [3.63, 3.8) is 0 Å². The Bertz CT molecular complexity index is 368. The van der Waals surface area contributed by atoms with Crippen molar-refractivity contribution in [1.82, 2.24) is 5.32 Å². The Labute approximate surface area is 93.0 Å². The van der Waals surface area contributed by atoms with Gasteiger partial charge in [-0.2, -0.15) is 0 Å². The number of carbonyl (C=O) groups excluding carboxylic acids is 1. The summed E-state index contributed by atoms with van der Waals surface area (Å²) in [6, 6.07) is 4.38. The zero-order chi connectivity index (χ0) is 11.4. The molecule has 4 N–H and O–H groups in total. The maximum absolute atomic E-state index is 11.6. The first-order chi connectivity index (χ1) is 7.04. The molecule has 0 saturated carbocycles. The van der Waals surface area contributed by atoms with E-state index in [9.17, 15) is 4.79 Å². The minimum Gasteiger partial charge on any atom is -0.399 e. The second-order valence-corrected chi connectivity index (χ2v) is 3.70. The molecule has 1 amide bonds. The first kappa shape index (κ1) is 11.8. The first-order valence-corrected chi connectivity index (χ1v) is 4.89. The van der Waals surface area contributed by atoms with Crippen LogP contribution in [0.3, 0.4) is 0 Å². The normalized spacial score (nSPS) is 12.2. The quantitative estimate of drug-likeness (QED) is 0.677. The highest BCUT2D eigenvalue weighted by Gasteiger charge is 2.12. The number of hydrogen-bond acceptors (Lipinski definition) is 3. The Hall–Kier alpha value is -1.26.